The van der Waals surface area contributed by atoms with E-state index in [1.54, 1.807) is 0 Å². The summed E-state index contributed by atoms with van der Waals surface area (Å²) >= 11 is 0. The maximum atomic E-state index is 12.8. The van der Waals surface area contributed by atoms with Crippen LogP contribution in [0.5, 0.6) is 0 Å². The Balaban J connectivity index is 1.53. The largest absolute Gasteiger partial charge is 0.327 e. The van der Waals surface area contributed by atoms with Gasteiger partial charge in [-0.2, -0.15) is 0 Å². The number of carbonyl (C=O) groups is 2. The Morgan fingerprint density at radius 2 is 1.64 bits per heavy atom. The second kappa shape index (κ2) is 8.57. The van der Waals surface area contributed by atoms with Gasteiger partial charge in [-0.1, -0.05) is 29.3 Å². The smallest absolute Gasteiger partial charge is 0.279 e. The van der Waals surface area contributed by atoms with E-state index in [0.717, 1.165) is 41.0 Å². The Morgan fingerprint density at radius 3 is 2.29 bits per heavy atom. The van der Waals surface area contributed by atoms with Gasteiger partial charge in [-0.3, -0.25) is 9.59 Å². The molecule has 0 saturated carbocycles. The van der Waals surface area contributed by atoms with Crippen LogP contribution in [0.15, 0.2) is 36.4 Å². The lowest BCUT2D eigenvalue weighted by Gasteiger charge is -2.32. The summed E-state index contributed by atoms with van der Waals surface area (Å²) in [5, 5.41) is 3.03. The zero-order chi connectivity index (χ0) is 20.3. The number of aryl methyl sites for hydroxylation is 3. The predicted molar refractivity (Wildman–Crippen MR) is 112 cm³/mol. The lowest BCUT2D eigenvalue weighted by Crippen LogP contribution is -3.15. The van der Waals surface area contributed by atoms with Gasteiger partial charge in [-0.05, 0) is 57.0 Å². The number of nitrogens with zero attached hydrogens (tertiary/aromatic N) is 1. The summed E-state index contributed by atoms with van der Waals surface area (Å²) in [5.41, 5.74) is 6.13. The van der Waals surface area contributed by atoms with E-state index >= 15 is 0 Å². The van der Waals surface area contributed by atoms with E-state index in [0.29, 0.717) is 19.6 Å². The second-order valence-electron chi connectivity index (χ2n) is 7.89. The maximum Gasteiger partial charge on any atom is 0.279 e. The van der Waals surface area contributed by atoms with Crippen molar-refractivity contribution in [2.45, 2.75) is 27.7 Å². The van der Waals surface area contributed by atoms with Gasteiger partial charge in [-0.15, -0.1) is 0 Å². The van der Waals surface area contributed by atoms with Crippen molar-refractivity contribution >= 4 is 17.5 Å². The van der Waals surface area contributed by atoms with E-state index in [2.05, 4.69) is 11.4 Å². The molecule has 0 bridgehead atoms. The number of rotatable bonds is 4. The summed E-state index contributed by atoms with van der Waals surface area (Å²) in [4.78, 5) is 28.3. The molecule has 2 aromatic rings. The Morgan fingerprint density at radius 1 is 1.00 bits per heavy atom. The van der Waals surface area contributed by atoms with Gasteiger partial charge in [0.25, 0.3) is 11.8 Å². The molecule has 1 aliphatic rings. The van der Waals surface area contributed by atoms with E-state index in [9.17, 15) is 9.59 Å². The molecule has 2 amide bonds. The fourth-order valence-electron chi connectivity index (χ4n) is 3.79. The number of piperazine rings is 1. The quantitative estimate of drug-likeness (QED) is 0.851. The number of nitrogens with one attached hydrogen (secondary N) is 2. The van der Waals surface area contributed by atoms with Crippen molar-refractivity contribution < 1.29 is 14.5 Å². The molecule has 1 saturated heterocycles. The maximum absolute atomic E-state index is 12.8. The van der Waals surface area contributed by atoms with Gasteiger partial charge >= 0.3 is 0 Å². The van der Waals surface area contributed by atoms with Crippen molar-refractivity contribution in [1.29, 1.82) is 0 Å². The van der Waals surface area contributed by atoms with Crippen molar-refractivity contribution in [3.05, 3.63) is 64.2 Å². The summed E-state index contributed by atoms with van der Waals surface area (Å²) < 4.78 is 0. The molecule has 1 aliphatic heterocycles. The first-order valence-electron chi connectivity index (χ1n) is 9.90. The summed E-state index contributed by atoms with van der Waals surface area (Å²) in [7, 11) is 0. The molecule has 0 aromatic heterocycles. The zero-order valence-corrected chi connectivity index (χ0v) is 17.3. The highest BCUT2D eigenvalue weighted by Crippen LogP contribution is 2.17. The van der Waals surface area contributed by atoms with Gasteiger partial charge in [0.2, 0.25) is 0 Å². The van der Waals surface area contributed by atoms with Crippen molar-refractivity contribution in [2.24, 2.45) is 0 Å². The molecule has 28 heavy (non-hydrogen) atoms. The van der Waals surface area contributed by atoms with Crippen LogP contribution in [-0.2, 0) is 4.79 Å². The van der Waals surface area contributed by atoms with Gasteiger partial charge in [-0.25, -0.2) is 0 Å². The van der Waals surface area contributed by atoms with Crippen LogP contribution in [0.3, 0.4) is 0 Å². The Kier molecular flexibility index (Phi) is 6.15. The standard InChI is InChI=1S/C23H29N3O2/c1-16-12-17(2)14-20(13-16)23(28)26-10-8-25(9-11-26)15-22(27)24-21-7-5-6-18(3)19(21)4/h5-7,12-14H,8-11,15H2,1-4H3,(H,24,27)/p+1. The average molecular weight is 381 g/mol. The van der Waals surface area contributed by atoms with Crippen LogP contribution in [0.25, 0.3) is 0 Å². The molecule has 0 aliphatic carbocycles. The van der Waals surface area contributed by atoms with E-state index in [1.807, 2.05) is 62.9 Å². The van der Waals surface area contributed by atoms with Crippen LogP contribution < -0.4 is 10.2 Å². The molecule has 2 aromatic carbocycles. The van der Waals surface area contributed by atoms with E-state index in [-0.39, 0.29) is 11.8 Å². The van der Waals surface area contributed by atoms with Crippen LogP contribution in [0, 0.1) is 27.7 Å². The molecule has 148 valence electrons. The van der Waals surface area contributed by atoms with Crippen molar-refractivity contribution in [3.8, 4) is 0 Å². The SMILES string of the molecule is Cc1cc(C)cc(C(=O)N2CC[NH+](CC(=O)Nc3cccc(C)c3C)CC2)c1. The van der Waals surface area contributed by atoms with Gasteiger partial charge in [0.1, 0.15) is 0 Å². The average Bonchev–Trinajstić information content (AvgIpc) is 2.65. The van der Waals surface area contributed by atoms with Crippen molar-refractivity contribution in [2.75, 3.05) is 38.0 Å². The number of carbonyl (C=O) groups excluding carboxylic acids is 2. The van der Waals surface area contributed by atoms with E-state index in [1.165, 1.54) is 10.5 Å². The van der Waals surface area contributed by atoms with Crippen LogP contribution in [0.1, 0.15) is 32.6 Å². The normalized spacial score (nSPS) is 14.8. The Hall–Kier alpha value is -2.66. The predicted octanol–water partition coefficient (Wildman–Crippen LogP) is 1.90. The number of hydrogen-bond acceptors (Lipinski definition) is 2. The first kappa shape index (κ1) is 20.1. The fraction of sp³-hybridized carbons (Fsp3) is 0.391. The minimum atomic E-state index is 0.0257. The number of hydrogen-bond donors (Lipinski definition) is 2. The summed E-state index contributed by atoms with van der Waals surface area (Å²) in [6.45, 7) is 11.5. The van der Waals surface area contributed by atoms with Crippen LogP contribution in [0.2, 0.25) is 0 Å². The number of amides is 2. The molecule has 0 radical (unpaired) electrons. The monoisotopic (exact) mass is 380 g/mol. The number of anilines is 1. The summed E-state index contributed by atoms with van der Waals surface area (Å²) in [5.74, 6) is 0.114. The zero-order valence-electron chi connectivity index (χ0n) is 17.3. The molecular formula is C23H30N3O2+. The van der Waals surface area contributed by atoms with E-state index in [4.69, 9.17) is 0 Å². The van der Waals surface area contributed by atoms with Crippen molar-refractivity contribution in [1.82, 2.24) is 4.90 Å². The first-order valence-corrected chi connectivity index (χ1v) is 9.90. The minimum absolute atomic E-state index is 0.0257. The lowest BCUT2D eigenvalue weighted by molar-refractivity contribution is -0.895. The number of quaternary nitrogens is 1. The Bertz CT molecular complexity index is 863. The molecular weight excluding hydrogens is 350 g/mol. The molecule has 1 fully saturated rings. The number of benzene rings is 2. The van der Waals surface area contributed by atoms with Crippen molar-refractivity contribution in [3.63, 3.8) is 0 Å². The molecule has 3 rings (SSSR count). The van der Waals surface area contributed by atoms with Gasteiger partial charge in [0, 0.05) is 11.3 Å². The highest BCUT2D eigenvalue weighted by atomic mass is 16.2. The van der Waals surface area contributed by atoms with Crippen LogP contribution in [0.4, 0.5) is 5.69 Å². The third-order valence-corrected chi connectivity index (χ3v) is 5.52. The molecule has 5 nitrogen and oxygen atoms in total. The third kappa shape index (κ3) is 4.78. The molecule has 5 heteroatoms. The van der Waals surface area contributed by atoms with Gasteiger partial charge in [0.15, 0.2) is 6.54 Å². The summed E-state index contributed by atoms with van der Waals surface area (Å²) in [6.07, 6.45) is 0. The fourth-order valence-corrected chi connectivity index (χ4v) is 3.79. The summed E-state index contributed by atoms with van der Waals surface area (Å²) in [6, 6.07) is 11.9. The highest BCUT2D eigenvalue weighted by molar-refractivity contribution is 5.95. The van der Waals surface area contributed by atoms with Crippen LogP contribution in [-0.4, -0.2) is 49.4 Å². The third-order valence-electron chi connectivity index (χ3n) is 5.52. The molecule has 2 N–H and O–H groups in total. The molecule has 0 spiro atoms. The minimum Gasteiger partial charge on any atom is -0.327 e. The highest BCUT2D eigenvalue weighted by Gasteiger charge is 2.26. The lowest BCUT2D eigenvalue weighted by atomic mass is 10.1. The Labute approximate surface area is 167 Å². The van der Waals surface area contributed by atoms with Crippen LogP contribution >= 0.6 is 0 Å². The van der Waals surface area contributed by atoms with Gasteiger partial charge < -0.3 is 15.1 Å². The van der Waals surface area contributed by atoms with E-state index < -0.39 is 0 Å². The van der Waals surface area contributed by atoms with Gasteiger partial charge in [0.05, 0.1) is 26.2 Å². The first-order chi connectivity index (χ1) is 13.3. The topological polar surface area (TPSA) is 53.9 Å². The molecule has 0 unspecified atom stereocenters. The molecule has 1 heterocycles. The second-order valence-corrected chi connectivity index (χ2v) is 7.89. The molecule has 0 atom stereocenters.